The Morgan fingerprint density at radius 2 is 1.87 bits per heavy atom. The van der Waals surface area contributed by atoms with Crippen molar-refractivity contribution in [1.29, 1.82) is 0 Å². The van der Waals surface area contributed by atoms with Crippen LogP contribution < -0.4 is 0 Å². The second-order valence-corrected chi connectivity index (χ2v) is 4.17. The van der Waals surface area contributed by atoms with Crippen molar-refractivity contribution in [3.05, 3.63) is 35.4 Å². The normalized spacial score (nSPS) is 17.8. The smallest absolute Gasteiger partial charge is 0.131 e. The van der Waals surface area contributed by atoms with E-state index in [2.05, 4.69) is 0 Å². The number of hydrogen-bond donors (Lipinski definition) is 1. The molecule has 1 N–H and O–H groups in total. The quantitative estimate of drug-likeness (QED) is 0.812. The van der Waals surface area contributed by atoms with Gasteiger partial charge in [0.05, 0.1) is 11.7 Å². The molecule has 1 fully saturated rings. The highest BCUT2D eigenvalue weighted by Gasteiger charge is 2.24. The Balaban J connectivity index is 2.05. The van der Waals surface area contributed by atoms with Crippen LogP contribution in [0.25, 0.3) is 0 Å². The summed E-state index contributed by atoms with van der Waals surface area (Å²) in [5.74, 6) is -0.647. The lowest BCUT2D eigenvalue weighted by molar-refractivity contribution is 0.153. The maximum atomic E-state index is 13.2. The summed E-state index contributed by atoms with van der Waals surface area (Å²) in [6, 6.07) is 3.67. The Kier molecular flexibility index (Phi) is 3.00. The van der Waals surface area contributed by atoms with Crippen molar-refractivity contribution >= 4 is 0 Å². The third kappa shape index (κ3) is 2.53. The molecule has 0 heterocycles. The average Bonchev–Trinajstić information content (AvgIpc) is 2.97. The van der Waals surface area contributed by atoms with Gasteiger partial charge in [-0.05, 0) is 30.9 Å². The fourth-order valence-electron chi connectivity index (χ4n) is 1.77. The number of hydrogen-bond acceptors (Lipinski definition) is 1. The molecule has 1 aromatic carbocycles. The van der Waals surface area contributed by atoms with E-state index in [1.54, 1.807) is 0 Å². The molecule has 1 unspecified atom stereocenters. The van der Waals surface area contributed by atoms with Crippen molar-refractivity contribution in [1.82, 2.24) is 0 Å². The largest absolute Gasteiger partial charge is 0.388 e. The fourth-order valence-corrected chi connectivity index (χ4v) is 1.77. The molecule has 15 heavy (non-hydrogen) atoms. The van der Waals surface area contributed by atoms with Gasteiger partial charge in [-0.15, -0.1) is 0 Å². The summed E-state index contributed by atoms with van der Waals surface area (Å²) < 4.78 is 26.5. The molecule has 0 aliphatic heterocycles. The van der Waals surface area contributed by atoms with Gasteiger partial charge in [-0.2, -0.15) is 0 Å². The van der Waals surface area contributed by atoms with Gasteiger partial charge >= 0.3 is 0 Å². The SMILES string of the molecule is OC(CCC1CC1)c1c(F)cccc1F. The average molecular weight is 212 g/mol. The number of rotatable bonds is 4. The highest BCUT2D eigenvalue weighted by molar-refractivity contribution is 5.21. The van der Waals surface area contributed by atoms with E-state index in [1.807, 2.05) is 0 Å². The molecule has 0 saturated heterocycles. The Labute approximate surface area is 87.7 Å². The molecular weight excluding hydrogens is 198 g/mol. The predicted octanol–water partition coefficient (Wildman–Crippen LogP) is 3.19. The fraction of sp³-hybridized carbons (Fsp3) is 0.500. The van der Waals surface area contributed by atoms with Crippen molar-refractivity contribution < 1.29 is 13.9 Å². The maximum Gasteiger partial charge on any atom is 0.131 e. The van der Waals surface area contributed by atoms with Crippen LogP contribution >= 0.6 is 0 Å². The molecule has 0 amide bonds. The third-order valence-electron chi connectivity index (χ3n) is 2.88. The first-order chi connectivity index (χ1) is 7.18. The molecule has 82 valence electrons. The first-order valence-electron chi connectivity index (χ1n) is 5.30. The van der Waals surface area contributed by atoms with Crippen LogP contribution in [0.4, 0.5) is 8.78 Å². The second-order valence-electron chi connectivity index (χ2n) is 4.17. The molecule has 1 saturated carbocycles. The Morgan fingerprint density at radius 3 is 2.40 bits per heavy atom. The van der Waals surface area contributed by atoms with E-state index in [-0.39, 0.29) is 5.56 Å². The first kappa shape index (κ1) is 10.6. The molecule has 0 radical (unpaired) electrons. The minimum absolute atomic E-state index is 0.182. The monoisotopic (exact) mass is 212 g/mol. The van der Waals surface area contributed by atoms with Crippen LogP contribution in [0.5, 0.6) is 0 Å². The molecule has 1 nitrogen and oxygen atoms in total. The Bertz CT molecular complexity index is 327. The zero-order valence-electron chi connectivity index (χ0n) is 8.42. The zero-order chi connectivity index (χ0) is 10.8. The van der Waals surface area contributed by atoms with Crippen LogP contribution in [0, 0.1) is 17.6 Å². The van der Waals surface area contributed by atoms with Gasteiger partial charge < -0.3 is 5.11 Å². The van der Waals surface area contributed by atoms with Crippen molar-refractivity contribution in [2.24, 2.45) is 5.92 Å². The van der Waals surface area contributed by atoms with Crippen molar-refractivity contribution in [2.75, 3.05) is 0 Å². The molecule has 1 atom stereocenters. The van der Waals surface area contributed by atoms with Crippen LogP contribution in [-0.2, 0) is 0 Å². The second kappa shape index (κ2) is 4.27. The van der Waals surface area contributed by atoms with Crippen molar-refractivity contribution in [2.45, 2.75) is 31.8 Å². The Morgan fingerprint density at radius 1 is 1.27 bits per heavy atom. The highest BCUT2D eigenvalue weighted by Crippen LogP contribution is 2.36. The van der Waals surface area contributed by atoms with Gasteiger partial charge in [0, 0.05) is 0 Å². The van der Waals surface area contributed by atoms with E-state index >= 15 is 0 Å². The van der Waals surface area contributed by atoms with E-state index in [9.17, 15) is 13.9 Å². The van der Waals surface area contributed by atoms with E-state index < -0.39 is 17.7 Å². The van der Waals surface area contributed by atoms with Gasteiger partial charge in [-0.25, -0.2) is 8.78 Å². The lowest BCUT2D eigenvalue weighted by atomic mass is 10.0. The molecule has 1 aliphatic rings. The standard InChI is InChI=1S/C12H14F2O/c13-9-2-1-3-10(14)12(9)11(15)7-6-8-4-5-8/h1-3,8,11,15H,4-7H2. The van der Waals surface area contributed by atoms with Crippen molar-refractivity contribution in [3.63, 3.8) is 0 Å². The van der Waals surface area contributed by atoms with Gasteiger partial charge in [0.15, 0.2) is 0 Å². The summed E-state index contributed by atoms with van der Waals surface area (Å²) in [5.41, 5.74) is -0.182. The summed E-state index contributed by atoms with van der Waals surface area (Å²) >= 11 is 0. The topological polar surface area (TPSA) is 20.2 Å². The molecule has 2 rings (SSSR count). The van der Waals surface area contributed by atoms with Crippen LogP contribution in [0.2, 0.25) is 0 Å². The van der Waals surface area contributed by atoms with Gasteiger partial charge in [-0.1, -0.05) is 18.9 Å². The van der Waals surface area contributed by atoms with Crippen LogP contribution in [-0.4, -0.2) is 5.11 Å². The lowest BCUT2D eigenvalue weighted by Crippen LogP contribution is -2.04. The number of aliphatic hydroxyl groups excluding tert-OH is 1. The van der Waals surface area contributed by atoms with E-state index in [1.165, 1.54) is 31.0 Å². The molecule has 0 bridgehead atoms. The molecule has 3 heteroatoms. The summed E-state index contributed by atoms with van der Waals surface area (Å²) in [5, 5.41) is 9.68. The van der Waals surface area contributed by atoms with Gasteiger partial charge in [0.2, 0.25) is 0 Å². The summed E-state index contributed by atoms with van der Waals surface area (Å²) in [6.45, 7) is 0. The summed E-state index contributed by atoms with van der Waals surface area (Å²) in [7, 11) is 0. The number of benzene rings is 1. The summed E-state index contributed by atoms with van der Waals surface area (Å²) in [4.78, 5) is 0. The lowest BCUT2D eigenvalue weighted by Gasteiger charge is -2.12. The molecule has 0 aromatic heterocycles. The molecule has 1 aliphatic carbocycles. The first-order valence-corrected chi connectivity index (χ1v) is 5.30. The molecular formula is C12H14F2O. The van der Waals surface area contributed by atoms with Crippen molar-refractivity contribution in [3.8, 4) is 0 Å². The molecule has 1 aromatic rings. The summed E-state index contributed by atoms with van der Waals surface area (Å²) in [6.07, 6.45) is 2.67. The van der Waals surface area contributed by atoms with E-state index in [4.69, 9.17) is 0 Å². The third-order valence-corrected chi connectivity index (χ3v) is 2.88. The minimum Gasteiger partial charge on any atom is -0.388 e. The Hall–Kier alpha value is -0.960. The zero-order valence-corrected chi connectivity index (χ0v) is 8.42. The minimum atomic E-state index is -1.01. The van der Waals surface area contributed by atoms with Gasteiger partial charge in [-0.3, -0.25) is 0 Å². The van der Waals surface area contributed by atoms with Crippen LogP contribution in [0.1, 0.15) is 37.4 Å². The van der Waals surface area contributed by atoms with Crippen LogP contribution in [0.3, 0.4) is 0 Å². The molecule has 0 spiro atoms. The number of halogens is 2. The highest BCUT2D eigenvalue weighted by atomic mass is 19.1. The predicted molar refractivity (Wildman–Crippen MR) is 53.3 cm³/mol. The number of aliphatic hydroxyl groups is 1. The van der Waals surface area contributed by atoms with E-state index in [0.717, 1.165) is 6.42 Å². The van der Waals surface area contributed by atoms with Gasteiger partial charge in [0.25, 0.3) is 0 Å². The van der Waals surface area contributed by atoms with E-state index in [0.29, 0.717) is 12.3 Å². The van der Waals surface area contributed by atoms with Gasteiger partial charge in [0.1, 0.15) is 11.6 Å². The maximum absolute atomic E-state index is 13.2. The van der Waals surface area contributed by atoms with Crippen LogP contribution in [0.15, 0.2) is 18.2 Å².